The van der Waals surface area contributed by atoms with Gasteiger partial charge in [-0.15, -0.1) is 0 Å². The molecular weight excluding hydrogens is 487 g/mol. The maximum absolute atomic E-state index is 13.6. The minimum Gasteiger partial charge on any atom is -0.507 e. The molecule has 0 spiro atoms. The fourth-order valence-electron chi connectivity index (χ4n) is 3.82. The number of nitrogens with zero attached hydrogens (tertiary/aromatic N) is 1. The SMILES string of the molecule is O=C(O)CC[C@H]1CN(S(=O)(=O)c2cccc(C(F)(F)F)c2)c2cc(-c3ccccc3O)ccc2O1. The Hall–Kier alpha value is -3.73. The molecule has 0 amide bonds. The number of carboxylic acids is 1. The molecule has 0 saturated heterocycles. The van der Waals surface area contributed by atoms with Crippen LogP contribution in [0.2, 0.25) is 0 Å². The van der Waals surface area contributed by atoms with E-state index in [9.17, 15) is 31.5 Å². The molecule has 0 radical (unpaired) electrons. The number of hydrogen-bond donors (Lipinski definition) is 2. The van der Waals surface area contributed by atoms with Crippen molar-refractivity contribution in [2.24, 2.45) is 0 Å². The molecule has 4 rings (SSSR count). The van der Waals surface area contributed by atoms with Gasteiger partial charge in [-0.05, 0) is 48.4 Å². The summed E-state index contributed by atoms with van der Waals surface area (Å²) in [6.45, 7) is -0.302. The van der Waals surface area contributed by atoms with E-state index in [0.717, 1.165) is 22.5 Å². The maximum Gasteiger partial charge on any atom is 0.416 e. The van der Waals surface area contributed by atoms with Gasteiger partial charge in [-0.2, -0.15) is 13.2 Å². The molecule has 35 heavy (non-hydrogen) atoms. The number of sulfonamides is 1. The summed E-state index contributed by atoms with van der Waals surface area (Å²) in [6.07, 6.45) is -5.87. The van der Waals surface area contributed by atoms with E-state index in [1.54, 1.807) is 24.3 Å². The van der Waals surface area contributed by atoms with Gasteiger partial charge in [0.2, 0.25) is 0 Å². The smallest absolute Gasteiger partial charge is 0.416 e. The average molecular weight is 507 g/mol. The van der Waals surface area contributed by atoms with E-state index in [4.69, 9.17) is 9.84 Å². The molecule has 1 aliphatic heterocycles. The highest BCUT2D eigenvalue weighted by Crippen LogP contribution is 2.42. The van der Waals surface area contributed by atoms with Gasteiger partial charge in [0.1, 0.15) is 17.6 Å². The standard InChI is InChI=1S/C24H20F3NO6S/c25-24(26,27)16-4-3-5-18(13-16)35(32,33)28-14-17(9-11-23(30)31)34-22-10-8-15(12-20(22)28)19-6-1-2-7-21(19)29/h1-8,10,12-13,17,29H,9,11,14H2,(H,30,31)/t17-/m0/s1. The molecule has 0 aromatic heterocycles. The Kier molecular flexibility index (Phi) is 6.37. The van der Waals surface area contributed by atoms with Gasteiger partial charge in [0.15, 0.2) is 0 Å². The van der Waals surface area contributed by atoms with Crippen molar-refractivity contribution >= 4 is 21.7 Å². The maximum atomic E-state index is 13.6. The van der Waals surface area contributed by atoms with Crippen molar-refractivity contribution in [1.82, 2.24) is 0 Å². The van der Waals surface area contributed by atoms with Crippen molar-refractivity contribution in [2.45, 2.75) is 30.0 Å². The Morgan fingerprint density at radius 1 is 1.06 bits per heavy atom. The van der Waals surface area contributed by atoms with Crippen LogP contribution in [0.15, 0.2) is 71.6 Å². The molecule has 0 bridgehead atoms. The molecule has 7 nitrogen and oxygen atoms in total. The number of aromatic hydroxyl groups is 1. The molecule has 0 aliphatic carbocycles. The van der Waals surface area contributed by atoms with Gasteiger partial charge < -0.3 is 14.9 Å². The first-order valence-electron chi connectivity index (χ1n) is 10.5. The molecule has 2 N–H and O–H groups in total. The average Bonchev–Trinajstić information content (AvgIpc) is 2.81. The summed E-state index contributed by atoms with van der Waals surface area (Å²) in [4.78, 5) is 10.5. The van der Waals surface area contributed by atoms with Gasteiger partial charge in [0, 0.05) is 12.0 Å². The molecule has 1 aliphatic rings. The monoisotopic (exact) mass is 507 g/mol. The summed E-state index contributed by atoms with van der Waals surface area (Å²) < 4.78 is 73.6. The summed E-state index contributed by atoms with van der Waals surface area (Å²) >= 11 is 0. The zero-order valence-electron chi connectivity index (χ0n) is 18.1. The number of carbonyl (C=O) groups is 1. The van der Waals surface area contributed by atoms with Gasteiger partial charge in [0.05, 0.1) is 22.7 Å². The second kappa shape index (κ2) is 9.14. The third-order valence-corrected chi connectivity index (χ3v) is 7.31. The van der Waals surface area contributed by atoms with E-state index in [1.165, 1.54) is 18.2 Å². The third-order valence-electron chi connectivity index (χ3n) is 5.54. The quantitative estimate of drug-likeness (QED) is 0.492. The van der Waals surface area contributed by atoms with Gasteiger partial charge in [-0.1, -0.05) is 30.3 Å². The van der Waals surface area contributed by atoms with Crippen molar-refractivity contribution in [3.05, 3.63) is 72.3 Å². The number of alkyl halides is 3. The summed E-state index contributed by atoms with van der Waals surface area (Å²) in [5.41, 5.74) is -0.175. The summed E-state index contributed by atoms with van der Waals surface area (Å²) in [5.74, 6) is -1.02. The van der Waals surface area contributed by atoms with Crippen molar-refractivity contribution < 1.29 is 41.3 Å². The largest absolute Gasteiger partial charge is 0.507 e. The van der Waals surface area contributed by atoms with Crippen LogP contribution in [-0.4, -0.2) is 37.2 Å². The van der Waals surface area contributed by atoms with Crippen LogP contribution in [-0.2, 0) is 21.0 Å². The molecule has 1 heterocycles. The number of ether oxygens (including phenoxy) is 1. The van der Waals surface area contributed by atoms with Crippen molar-refractivity contribution in [2.75, 3.05) is 10.8 Å². The molecule has 0 saturated carbocycles. The molecule has 0 unspecified atom stereocenters. The number of halogens is 3. The topological polar surface area (TPSA) is 104 Å². The van der Waals surface area contributed by atoms with E-state index in [-0.39, 0.29) is 36.6 Å². The van der Waals surface area contributed by atoms with Crippen LogP contribution >= 0.6 is 0 Å². The van der Waals surface area contributed by atoms with Crippen LogP contribution in [0.3, 0.4) is 0 Å². The van der Waals surface area contributed by atoms with E-state index in [1.807, 2.05) is 0 Å². The van der Waals surface area contributed by atoms with Crippen molar-refractivity contribution in [3.8, 4) is 22.6 Å². The first kappa shape index (κ1) is 24.4. The number of aliphatic carboxylic acids is 1. The highest BCUT2D eigenvalue weighted by atomic mass is 32.2. The number of anilines is 1. The number of para-hydroxylation sites is 1. The molecular formula is C24H20F3NO6S. The fourth-order valence-corrected chi connectivity index (χ4v) is 5.36. The van der Waals surface area contributed by atoms with Crippen LogP contribution in [0.5, 0.6) is 11.5 Å². The molecule has 184 valence electrons. The number of fused-ring (bicyclic) bond motifs is 1. The lowest BCUT2D eigenvalue weighted by Crippen LogP contribution is -2.43. The number of hydrogen-bond acceptors (Lipinski definition) is 5. The zero-order valence-corrected chi connectivity index (χ0v) is 18.9. The van der Waals surface area contributed by atoms with Crippen LogP contribution in [0.1, 0.15) is 18.4 Å². The minimum absolute atomic E-state index is 0.00932. The van der Waals surface area contributed by atoms with Gasteiger partial charge in [-0.3, -0.25) is 9.10 Å². The van der Waals surface area contributed by atoms with Crippen LogP contribution in [0.4, 0.5) is 18.9 Å². The van der Waals surface area contributed by atoms with Crippen molar-refractivity contribution in [3.63, 3.8) is 0 Å². The van der Waals surface area contributed by atoms with E-state index in [2.05, 4.69) is 0 Å². The summed E-state index contributed by atoms with van der Waals surface area (Å²) in [7, 11) is -4.50. The molecule has 11 heteroatoms. The second-order valence-electron chi connectivity index (χ2n) is 7.93. The number of phenols is 1. The van der Waals surface area contributed by atoms with Gasteiger partial charge in [0.25, 0.3) is 10.0 Å². The molecule has 3 aromatic carbocycles. The predicted molar refractivity (Wildman–Crippen MR) is 121 cm³/mol. The first-order valence-corrected chi connectivity index (χ1v) is 11.9. The Labute approximate surface area is 199 Å². The van der Waals surface area contributed by atoms with Crippen LogP contribution < -0.4 is 9.04 Å². The second-order valence-corrected chi connectivity index (χ2v) is 9.80. The lowest BCUT2D eigenvalue weighted by atomic mass is 10.0. The Bertz CT molecular complexity index is 1370. The van der Waals surface area contributed by atoms with Gasteiger partial charge in [-0.25, -0.2) is 8.42 Å². The molecule has 3 aromatic rings. The zero-order chi connectivity index (χ0) is 25.4. The van der Waals surface area contributed by atoms with Crippen molar-refractivity contribution in [1.29, 1.82) is 0 Å². The lowest BCUT2D eigenvalue weighted by Gasteiger charge is -2.36. The van der Waals surface area contributed by atoms with Crippen LogP contribution in [0, 0.1) is 0 Å². The predicted octanol–water partition coefficient (Wildman–Crippen LogP) is 4.90. The number of carboxylic acid groups (broad SMARTS) is 1. The Morgan fingerprint density at radius 3 is 2.49 bits per heavy atom. The summed E-state index contributed by atoms with van der Waals surface area (Å²) in [6, 6.07) is 14.4. The number of benzene rings is 3. The fraction of sp³-hybridized carbons (Fsp3) is 0.208. The molecule has 1 atom stereocenters. The summed E-state index contributed by atoms with van der Waals surface area (Å²) in [5, 5.41) is 19.2. The number of rotatable bonds is 6. The van der Waals surface area contributed by atoms with Gasteiger partial charge >= 0.3 is 12.1 Å². The number of phenolic OH excluding ortho intramolecular Hbond substituents is 1. The van der Waals surface area contributed by atoms with E-state index in [0.29, 0.717) is 17.2 Å². The first-order chi connectivity index (χ1) is 16.5. The Balaban J connectivity index is 1.82. The van der Waals surface area contributed by atoms with Crippen LogP contribution in [0.25, 0.3) is 11.1 Å². The highest BCUT2D eigenvalue weighted by Gasteiger charge is 2.37. The minimum atomic E-state index is -4.74. The van der Waals surface area contributed by atoms with E-state index >= 15 is 0 Å². The third kappa shape index (κ3) is 5.04. The van der Waals surface area contributed by atoms with E-state index < -0.39 is 38.7 Å². The normalized spacial score (nSPS) is 15.9. The highest BCUT2D eigenvalue weighted by molar-refractivity contribution is 7.92. The molecule has 0 fully saturated rings. The Morgan fingerprint density at radius 2 is 1.80 bits per heavy atom. The lowest BCUT2D eigenvalue weighted by molar-refractivity contribution is -0.138.